The molecule has 0 unspecified atom stereocenters. The predicted molar refractivity (Wildman–Crippen MR) is 141 cm³/mol. The molecule has 0 saturated heterocycles. The lowest BCUT2D eigenvalue weighted by atomic mass is 9.64. The summed E-state index contributed by atoms with van der Waals surface area (Å²) in [6, 6.07) is 17.0. The standard InChI is InChI=1S/C28H25Cl2NO7/c1-14(31-25(32)19-13-20(26(33)34)24(19)27(35)36)23(11-15-6-9-21(29)22(30)10-15)38-28(37)18-8-7-16-4-2-3-5-17(16)12-18/h2-10,12,14,19-20,23-24H,11,13H2,1H3,(H,31,32)(H,33,34)(H,35,36)/t14-,19+,20+,23+,24-/m0/s1. The molecule has 3 aromatic carbocycles. The number of hydrogen-bond acceptors (Lipinski definition) is 5. The number of nitrogens with one attached hydrogen (secondary N) is 1. The number of aliphatic carboxylic acids is 2. The van der Waals surface area contributed by atoms with Gasteiger partial charge in [0.05, 0.1) is 39.4 Å². The molecule has 1 amide bonds. The minimum Gasteiger partial charge on any atom is -0.481 e. The maximum Gasteiger partial charge on any atom is 0.338 e. The fraction of sp³-hybridized carbons (Fsp3) is 0.286. The van der Waals surface area contributed by atoms with E-state index in [1.54, 1.807) is 37.3 Å². The van der Waals surface area contributed by atoms with Crippen molar-refractivity contribution in [3.63, 3.8) is 0 Å². The lowest BCUT2D eigenvalue weighted by Gasteiger charge is -2.39. The highest BCUT2D eigenvalue weighted by atomic mass is 35.5. The zero-order valence-corrected chi connectivity index (χ0v) is 21.8. The smallest absolute Gasteiger partial charge is 0.338 e. The molecule has 10 heteroatoms. The second-order valence-corrected chi connectivity index (χ2v) is 10.2. The van der Waals surface area contributed by atoms with Crippen molar-refractivity contribution in [2.75, 3.05) is 0 Å². The summed E-state index contributed by atoms with van der Waals surface area (Å²) in [4.78, 5) is 49.0. The van der Waals surface area contributed by atoms with Crippen LogP contribution >= 0.6 is 23.2 Å². The summed E-state index contributed by atoms with van der Waals surface area (Å²) in [5.74, 6) is -7.26. The molecule has 4 rings (SSSR count). The lowest BCUT2D eigenvalue weighted by molar-refractivity contribution is -0.169. The van der Waals surface area contributed by atoms with Crippen LogP contribution in [0.15, 0.2) is 60.7 Å². The molecule has 1 fully saturated rings. The van der Waals surface area contributed by atoms with Gasteiger partial charge in [-0.05, 0) is 53.9 Å². The van der Waals surface area contributed by atoms with Gasteiger partial charge in [0.1, 0.15) is 6.10 Å². The van der Waals surface area contributed by atoms with Crippen molar-refractivity contribution in [3.05, 3.63) is 81.8 Å². The van der Waals surface area contributed by atoms with Gasteiger partial charge in [0.2, 0.25) is 5.91 Å². The molecule has 38 heavy (non-hydrogen) atoms. The van der Waals surface area contributed by atoms with E-state index >= 15 is 0 Å². The molecule has 0 heterocycles. The van der Waals surface area contributed by atoms with E-state index in [1.807, 2.05) is 30.3 Å². The van der Waals surface area contributed by atoms with Crippen LogP contribution < -0.4 is 5.32 Å². The van der Waals surface area contributed by atoms with Gasteiger partial charge in [-0.15, -0.1) is 0 Å². The fourth-order valence-corrected chi connectivity index (χ4v) is 5.01. The van der Waals surface area contributed by atoms with Gasteiger partial charge in [0, 0.05) is 6.42 Å². The van der Waals surface area contributed by atoms with Crippen molar-refractivity contribution in [3.8, 4) is 0 Å². The number of amides is 1. The Hall–Kier alpha value is -3.62. The topological polar surface area (TPSA) is 130 Å². The van der Waals surface area contributed by atoms with Crippen LogP contribution in [0.2, 0.25) is 10.0 Å². The first-order valence-electron chi connectivity index (χ1n) is 11.9. The summed E-state index contributed by atoms with van der Waals surface area (Å²) in [6.07, 6.45) is -0.754. The molecule has 1 saturated carbocycles. The zero-order chi connectivity index (χ0) is 27.6. The normalized spacial score (nSPS) is 20.1. The van der Waals surface area contributed by atoms with Crippen molar-refractivity contribution in [1.82, 2.24) is 5.32 Å². The van der Waals surface area contributed by atoms with Crippen LogP contribution in [0.3, 0.4) is 0 Å². The summed E-state index contributed by atoms with van der Waals surface area (Å²) in [7, 11) is 0. The number of esters is 1. The molecule has 0 radical (unpaired) electrons. The van der Waals surface area contributed by atoms with Crippen molar-refractivity contribution < 1.29 is 34.1 Å². The SMILES string of the molecule is C[C@H](NC(=O)[C@@H]1C[C@@H](C(=O)O)[C@H]1C(=O)O)[C@@H](Cc1ccc(Cl)c(Cl)c1)OC(=O)c1ccc2ccccc2c1. The first kappa shape index (κ1) is 27.4. The number of rotatable bonds is 9. The molecular weight excluding hydrogens is 533 g/mol. The van der Waals surface area contributed by atoms with Gasteiger partial charge in [-0.3, -0.25) is 14.4 Å². The van der Waals surface area contributed by atoms with Crippen LogP contribution in [0.25, 0.3) is 10.8 Å². The molecule has 8 nitrogen and oxygen atoms in total. The van der Waals surface area contributed by atoms with Crippen LogP contribution in [0.5, 0.6) is 0 Å². The van der Waals surface area contributed by atoms with Gasteiger partial charge in [0.15, 0.2) is 0 Å². The lowest BCUT2D eigenvalue weighted by Crippen LogP contribution is -2.55. The maximum absolute atomic E-state index is 13.1. The largest absolute Gasteiger partial charge is 0.481 e. The number of benzene rings is 3. The van der Waals surface area contributed by atoms with E-state index in [0.29, 0.717) is 21.2 Å². The van der Waals surface area contributed by atoms with E-state index in [-0.39, 0.29) is 12.8 Å². The molecule has 0 bridgehead atoms. The summed E-state index contributed by atoms with van der Waals surface area (Å²) in [6.45, 7) is 1.64. The second-order valence-electron chi connectivity index (χ2n) is 9.41. The first-order valence-corrected chi connectivity index (χ1v) is 12.7. The third kappa shape index (κ3) is 5.92. The molecule has 0 spiro atoms. The Labute approximate surface area is 228 Å². The molecule has 1 aliphatic carbocycles. The van der Waals surface area contributed by atoms with Gasteiger partial charge in [-0.25, -0.2) is 4.79 Å². The molecule has 5 atom stereocenters. The third-order valence-corrected chi connectivity index (χ3v) is 7.65. The number of fused-ring (bicyclic) bond motifs is 1. The highest BCUT2D eigenvalue weighted by molar-refractivity contribution is 6.42. The van der Waals surface area contributed by atoms with Crippen LogP contribution in [-0.2, 0) is 25.5 Å². The summed E-state index contributed by atoms with van der Waals surface area (Å²) in [5, 5.41) is 23.9. The number of hydrogen-bond donors (Lipinski definition) is 3. The fourth-order valence-electron chi connectivity index (χ4n) is 4.69. The van der Waals surface area contributed by atoms with Crippen LogP contribution in [-0.4, -0.2) is 46.2 Å². The number of ether oxygens (including phenoxy) is 1. The Bertz CT molecular complexity index is 1410. The number of carbonyl (C=O) groups is 4. The number of carboxylic acids is 2. The molecule has 1 aliphatic rings. The van der Waals surface area contributed by atoms with Crippen LogP contribution in [0.4, 0.5) is 0 Å². The Morgan fingerprint density at radius 3 is 2.29 bits per heavy atom. The third-order valence-electron chi connectivity index (χ3n) is 6.91. The van der Waals surface area contributed by atoms with E-state index in [4.69, 9.17) is 27.9 Å². The average molecular weight is 558 g/mol. The van der Waals surface area contributed by atoms with E-state index in [9.17, 15) is 29.4 Å². The van der Waals surface area contributed by atoms with Gasteiger partial charge in [0.25, 0.3) is 0 Å². The first-order chi connectivity index (χ1) is 18.0. The van der Waals surface area contributed by atoms with Gasteiger partial charge in [-0.2, -0.15) is 0 Å². The number of carbonyl (C=O) groups excluding carboxylic acids is 2. The minimum absolute atomic E-state index is 0.0841. The van der Waals surface area contributed by atoms with E-state index in [1.165, 1.54) is 0 Å². The monoisotopic (exact) mass is 557 g/mol. The maximum atomic E-state index is 13.1. The van der Waals surface area contributed by atoms with Gasteiger partial charge in [-0.1, -0.05) is 59.6 Å². The Kier molecular flexibility index (Phi) is 8.23. The van der Waals surface area contributed by atoms with E-state index < -0.39 is 53.7 Å². The van der Waals surface area contributed by atoms with E-state index in [2.05, 4.69) is 5.32 Å². The van der Waals surface area contributed by atoms with Crippen LogP contribution in [0.1, 0.15) is 29.3 Å². The highest BCUT2D eigenvalue weighted by Gasteiger charge is 2.53. The molecule has 3 aromatic rings. The van der Waals surface area contributed by atoms with Crippen LogP contribution in [0, 0.1) is 17.8 Å². The molecule has 0 aliphatic heterocycles. The van der Waals surface area contributed by atoms with Crippen molar-refractivity contribution in [2.24, 2.45) is 17.8 Å². The Morgan fingerprint density at radius 2 is 1.63 bits per heavy atom. The number of halogens is 2. The van der Waals surface area contributed by atoms with Crippen molar-refractivity contribution in [2.45, 2.75) is 31.9 Å². The quantitative estimate of drug-likeness (QED) is 0.321. The summed E-state index contributed by atoms with van der Waals surface area (Å²) in [5.41, 5.74) is 1.03. The van der Waals surface area contributed by atoms with Gasteiger partial charge >= 0.3 is 17.9 Å². The summed E-state index contributed by atoms with van der Waals surface area (Å²) < 4.78 is 5.85. The minimum atomic E-state index is -1.34. The zero-order valence-electron chi connectivity index (χ0n) is 20.3. The molecule has 3 N–H and O–H groups in total. The number of carboxylic acid groups (broad SMARTS) is 2. The Balaban J connectivity index is 1.54. The summed E-state index contributed by atoms with van der Waals surface area (Å²) >= 11 is 12.2. The highest BCUT2D eigenvalue weighted by Crippen LogP contribution is 2.41. The Morgan fingerprint density at radius 1 is 0.921 bits per heavy atom. The molecular formula is C28H25Cl2NO7. The van der Waals surface area contributed by atoms with E-state index in [0.717, 1.165) is 10.8 Å². The molecule has 0 aromatic heterocycles. The van der Waals surface area contributed by atoms with Crippen molar-refractivity contribution >= 4 is 57.8 Å². The predicted octanol–water partition coefficient (Wildman–Crippen LogP) is 4.84. The average Bonchev–Trinajstić information content (AvgIpc) is 2.84. The molecule has 198 valence electrons. The second kappa shape index (κ2) is 11.4. The van der Waals surface area contributed by atoms with Gasteiger partial charge < -0.3 is 20.3 Å². The van der Waals surface area contributed by atoms with Crippen molar-refractivity contribution in [1.29, 1.82) is 0 Å².